The van der Waals surface area contributed by atoms with Crippen molar-refractivity contribution in [3.05, 3.63) is 102 Å². The fraction of sp³-hybridized carbons (Fsp3) is 0.276. The van der Waals surface area contributed by atoms with E-state index in [9.17, 15) is 14.4 Å². The van der Waals surface area contributed by atoms with Crippen molar-refractivity contribution >= 4 is 17.9 Å². The molecule has 3 aromatic carbocycles. The summed E-state index contributed by atoms with van der Waals surface area (Å²) in [6.07, 6.45) is -0.552. The Morgan fingerprint density at radius 3 is 1.97 bits per heavy atom. The Balaban J connectivity index is 1.58. The number of rotatable bonds is 12. The van der Waals surface area contributed by atoms with Gasteiger partial charge in [-0.3, -0.25) is 9.59 Å². The normalized spacial score (nSPS) is 12.3. The van der Waals surface area contributed by atoms with Gasteiger partial charge in [-0.25, -0.2) is 4.79 Å². The topological polar surface area (TPSA) is 120 Å². The molecule has 0 aromatic heterocycles. The van der Waals surface area contributed by atoms with Crippen molar-refractivity contribution in [1.82, 2.24) is 10.6 Å². The highest BCUT2D eigenvalue weighted by atomic mass is 16.5. The van der Waals surface area contributed by atoms with Gasteiger partial charge < -0.3 is 25.8 Å². The first-order valence-electron chi connectivity index (χ1n) is 12.1. The Kier molecular flexibility index (Phi) is 10.1. The van der Waals surface area contributed by atoms with Crippen LogP contribution >= 0.6 is 0 Å². The lowest BCUT2D eigenvalue weighted by molar-refractivity contribution is -0.129. The van der Waals surface area contributed by atoms with Crippen LogP contribution in [-0.2, 0) is 34.0 Å². The molecule has 0 fully saturated rings. The van der Waals surface area contributed by atoms with Crippen LogP contribution < -0.4 is 21.1 Å². The van der Waals surface area contributed by atoms with Crippen molar-refractivity contribution in [2.75, 3.05) is 0 Å². The molecule has 0 spiro atoms. The van der Waals surface area contributed by atoms with Gasteiger partial charge in [-0.1, -0.05) is 86.6 Å². The first-order chi connectivity index (χ1) is 17.8. The molecule has 3 rings (SSSR count). The molecule has 4 N–H and O–H groups in total. The minimum Gasteiger partial charge on any atom is -0.489 e. The Morgan fingerprint density at radius 2 is 1.38 bits per heavy atom. The summed E-state index contributed by atoms with van der Waals surface area (Å²) in [6, 6.07) is 24.4. The predicted molar refractivity (Wildman–Crippen MR) is 140 cm³/mol. The van der Waals surface area contributed by atoms with Crippen molar-refractivity contribution in [1.29, 1.82) is 0 Å². The summed E-state index contributed by atoms with van der Waals surface area (Å²) in [4.78, 5) is 37.5. The number of hydrogen-bond donors (Lipinski definition) is 3. The van der Waals surface area contributed by atoms with Crippen molar-refractivity contribution in [2.24, 2.45) is 11.7 Å². The molecule has 0 saturated heterocycles. The standard InChI is InChI=1S/C29H33N3O5/c1-20(2)26(32-29(35)37-19-22-12-7-4-8-13-22)28(34)31-25(27(30)33)17-23-14-9-15-24(16-23)36-18-21-10-5-3-6-11-21/h3-16,20,25-26H,17-19H2,1-2H3,(H2,30,33)(H,31,34)(H,32,35)/t25-,26+/m0/s1. The zero-order valence-corrected chi connectivity index (χ0v) is 21.1. The average molecular weight is 504 g/mol. The SMILES string of the molecule is CC(C)[C@@H](NC(=O)OCc1ccccc1)C(=O)N[C@@H](Cc1cccc(OCc2ccccc2)c1)C(N)=O. The Morgan fingerprint density at radius 1 is 0.784 bits per heavy atom. The third-order valence-corrected chi connectivity index (χ3v) is 5.68. The minimum absolute atomic E-state index is 0.0751. The van der Waals surface area contributed by atoms with Gasteiger partial charge in [-0.2, -0.15) is 0 Å². The Bertz CT molecular complexity index is 1170. The molecule has 0 aliphatic rings. The van der Waals surface area contributed by atoms with Crippen LogP contribution in [0.5, 0.6) is 5.75 Å². The van der Waals surface area contributed by atoms with Gasteiger partial charge in [0, 0.05) is 6.42 Å². The van der Waals surface area contributed by atoms with Crippen LogP contribution in [0.3, 0.4) is 0 Å². The molecule has 0 bridgehead atoms. The molecule has 3 amide bonds. The van der Waals surface area contributed by atoms with Gasteiger partial charge >= 0.3 is 6.09 Å². The van der Waals surface area contributed by atoms with E-state index >= 15 is 0 Å². The van der Waals surface area contributed by atoms with Gasteiger partial charge in [0.2, 0.25) is 11.8 Å². The molecule has 0 heterocycles. The van der Waals surface area contributed by atoms with Crippen LogP contribution in [0.25, 0.3) is 0 Å². The van der Waals surface area contributed by atoms with Crippen molar-refractivity contribution < 1.29 is 23.9 Å². The van der Waals surface area contributed by atoms with E-state index in [1.807, 2.05) is 84.9 Å². The number of hydrogen-bond acceptors (Lipinski definition) is 5. The number of carbonyl (C=O) groups is 3. The van der Waals surface area contributed by atoms with Gasteiger partial charge in [0.1, 0.15) is 31.0 Å². The first-order valence-corrected chi connectivity index (χ1v) is 12.1. The number of benzene rings is 3. The van der Waals surface area contributed by atoms with E-state index in [0.717, 1.165) is 16.7 Å². The lowest BCUT2D eigenvalue weighted by Gasteiger charge is -2.24. The second kappa shape index (κ2) is 13.7. The van der Waals surface area contributed by atoms with Crippen molar-refractivity contribution in [2.45, 2.75) is 45.6 Å². The number of nitrogens with two attached hydrogens (primary N) is 1. The summed E-state index contributed by atoms with van der Waals surface area (Å²) in [5, 5.41) is 5.27. The first kappa shape index (κ1) is 27.3. The maximum Gasteiger partial charge on any atom is 0.408 e. The summed E-state index contributed by atoms with van der Waals surface area (Å²) >= 11 is 0. The van der Waals surface area contributed by atoms with Crippen LogP contribution in [0.2, 0.25) is 0 Å². The fourth-order valence-corrected chi connectivity index (χ4v) is 3.65. The van der Waals surface area contributed by atoms with Crippen molar-refractivity contribution in [3.8, 4) is 5.75 Å². The van der Waals surface area contributed by atoms with E-state index in [0.29, 0.717) is 12.4 Å². The molecule has 0 radical (unpaired) electrons. The third-order valence-electron chi connectivity index (χ3n) is 5.68. The maximum atomic E-state index is 13.0. The number of primary amides is 1. The van der Waals surface area contributed by atoms with E-state index in [1.54, 1.807) is 13.8 Å². The molecule has 37 heavy (non-hydrogen) atoms. The smallest absolute Gasteiger partial charge is 0.408 e. The third kappa shape index (κ3) is 9.00. The average Bonchev–Trinajstić information content (AvgIpc) is 2.90. The van der Waals surface area contributed by atoms with Crippen LogP contribution in [0, 0.1) is 5.92 Å². The molecule has 0 aliphatic carbocycles. The Labute approximate surface area is 217 Å². The zero-order chi connectivity index (χ0) is 26.6. The van der Waals surface area contributed by atoms with Crippen LogP contribution in [0.15, 0.2) is 84.9 Å². The number of carbonyl (C=O) groups excluding carboxylic acids is 3. The molecule has 2 atom stereocenters. The summed E-state index contributed by atoms with van der Waals surface area (Å²) in [5.41, 5.74) is 8.23. The zero-order valence-electron chi connectivity index (χ0n) is 21.1. The van der Waals surface area contributed by atoms with Crippen molar-refractivity contribution in [3.63, 3.8) is 0 Å². The molecule has 194 valence electrons. The molecular formula is C29H33N3O5. The molecule has 0 saturated carbocycles. The quantitative estimate of drug-likeness (QED) is 0.348. The molecule has 8 heteroatoms. The van der Waals surface area contributed by atoms with Gasteiger partial charge in [0.25, 0.3) is 0 Å². The van der Waals surface area contributed by atoms with Crippen LogP contribution in [0.4, 0.5) is 4.79 Å². The van der Waals surface area contributed by atoms with Gasteiger partial charge in [-0.15, -0.1) is 0 Å². The van der Waals surface area contributed by atoms with Crippen LogP contribution in [-0.4, -0.2) is 30.0 Å². The summed E-state index contributed by atoms with van der Waals surface area (Å²) in [7, 11) is 0. The number of ether oxygens (including phenoxy) is 2. The van der Waals surface area contributed by atoms with E-state index in [2.05, 4.69) is 10.6 Å². The van der Waals surface area contributed by atoms with E-state index in [1.165, 1.54) is 0 Å². The Hall–Kier alpha value is -4.33. The van der Waals surface area contributed by atoms with E-state index in [4.69, 9.17) is 15.2 Å². The number of nitrogens with one attached hydrogen (secondary N) is 2. The second-order valence-electron chi connectivity index (χ2n) is 9.02. The van der Waals surface area contributed by atoms with E-state index in [-0.39, 0.29) is 18.9 Å². The molecular weight excluding hydrogens is 470 g/mol. The second-order valence-corrected chi connectivity index (χ2v) is 9.02. The number of alkyl carbamates (subject to hydrolysis) is 1. The van der Waals surface area contributed by atoms with Crippen LogP contribution in [0.1, 0.15) is 30.5 Å². The molecule has 0 unspecified atom stereocenters. The molecule has 3 aromatic rings. The molecule has 0 aliphatic heterocycles. The lowest BCUT2D eigenvalue weighted by atomic mass is 10.0. The number of amides is 3. The summed E-state index contributed by atoms with van der Waals surface area (Å²) in [6.45, 7) is 4.05. The monoisotopic (exact) mass is 503 g/mol. The lowest BCUT2D eigenvalue weighted by Crippen LogP contribution is -2.55. The van der Waals surface area contributed by atoms with E-state index < -0.39 is 30.0 Å². The highest BCUT2D eigenvalue weighted by Gasteiger charge is 2.28. The fourth-order valence-electron chi connectivity index (χ4n) is 3.65. The van der Waals surface area contributed by atoms with Gasteiger partial charge in [0.15, 0.2) is 0 Å². The highest BCUT2D eigenvalue weighted by molar-refractivity contribution is 5.91. The largest absolute Gasteiger partial charge is 0.489 e. The maximum absolute atomic E-state index is 13.0. The van der Waals surface area contributed by atoms with Gasteiger partial charge in [-0.05, 0) is 34.7 Å². The van der Waals surface area contributed by atoms with Gasteiger partial charge in [0.05, 0.1) is 0 Å². The summed E-state index contributed by atoms with van der Waals surface area (Å²) in [5.74, 6) is -0.823. The predicted octanol–water partition coefficient (Wildman–Crippen LogP) is 3.73. The molecule has 8 nitrogen and oxygen atoms in total. The highest BCUT2D eigenvalue weighted by Crippen LogP contribution is 2.17. The minimum atomic E-state index is -0.972. The summed E-state index contributed by atoms with van der Waals surface area (Å²) < 4.78 is 11.1.